The van der Waals surface area contributed by atoms with Crippen LogP contribution in [0.4, 0.5) is 29.2 Å². The number of carbonyl (C=O) groups excluding carboxylic acids is 4. The van der Waals surface area contributed by atoms with Gasteiger partial charge in [0.25, 0.3) is 11.8 Å². The molecule has 2 aliphatic heterocycles. The number of terminal acetylenes is 1. The molecule has 6 heterocycles. The lowest BCUT2D eigenvalue weighted by atomic mass is 10.1. The van der Waals surface area contributed by atoms with Gasteiger partial charge in [-0.1, -0.05) is 19.1 Å². The van der Waals surface area contributed by atoms with Gasteiger partial charge in [-0.15, -0.1) is 6.42 Å². The summed E-state index contributed by atoms with van der Waals surface area (Å²) >= 11 is 1.66. The quantitative estimate of drug-likeness (QED) is 0.0432. The number of hydrogen-bond acceptors (Lipinski definition) is 10. The van der Waals surface area contributed by atoms with Gasteiger partial charge in [-0.3, -0.25) is 19.2 Å². The predicted octanol–water partition coefficient (Wildman–Crippen LogP) is 5.68. The molecule has 2 aromatic carbocycles. The Hall–Kier alpha value is -7.32. The number of fused-ring (bicyclic) bond motifs is 2. The van der Waals surface area contributed by atoms with E-state index in [0.717, 1.165) is 32.1 Å². The lowest BCUT2D eigenvalue weighted by molar-refractivity contribution is -0.125. The highest BCUT2D eigenvalue weighted by Crippen LogP contribution is 2.39. The summed E-state index contributed by atoms with van der Waals surface area (Å²) in [5.74, 6) is 3.79. The van der Waals surface area contributed by atoms with E-state index in [1.807, 2.05) is 4.57 Å². The number of nitrogens with two attached hydrogens (primary N) is 2. The molecule has 10 rings (SSSR count). The first kappa shape index (κ1) is 52.5. The van der Waals surface area contributed by atoms with E-state index < -0.39 is 40.6 Å². The molecule has 6 aromatic rings. The number of aromatic nitrogens is 8. The molecule has 2 saturated carbocycles. The van der Waals surface area contributed by atoms with Crippen LogP contribution >= 0.6 is 36.1 Å². The number of carbonyl (C=O) groups is 4. The average Bonchev–Trinajstić information content (AvgIpc) is 3.91. The van der Waals surface area contributed by atoms with Gasteiger partial charge in [0, 0.05) is 64.5 Å². The van der Waals surface area contributed by atoms with E-state index in [9.17, 15) is 32.3 Å². The zero-order valence-corrected chi connectivity index (χ0v) is 42.1. The fourth-order valence-electron chi connectivity index (χ4n) is 8.77. The summed E-state index contributed by atoms with van der Waals surface area (Å²) in [4.78, 5) is 58.8. The minimum Gasteiger partial charge on any atom is -0.373 e. The van der Waals surface area contributed by atoms with E-state index in [1.165, 1.54) is 30.6 Å². The zero-order valence-electron chi connectivity index (χ0n) is 39.0. The highest BCUT2D eigenvalue weighted by Gasteiger charge is 2.34. The van der Waals surface area contributed by atoms with Crippen LogP contribution in [0.2, 0.25) is 0 Å². The van der Waals surface area contributed by atoms with E-state index in [1.54, 1.807) is 66.7 Å². The van der Waals surface area contributed by atoms with Gasteiger partial charge in [0.1, 0.15) is 51.1 Å². The number of imidazole rings is 2. The lowest BCUT2D eigenvalue weighted by Crippen LogP contribution is -2.27. The number of amides is 4. The standard InChI is InChI=1S/C24H23F2N7O2.C14H17N5O2.C10H7F2IN2.H2S/c1-3-19(34)31-9-8-14(11-31)33-24(28-2)20(23(27)35)17(30-33)7-6-15-16(25)10-18-22(21(15)26)29-12-32(18)13-4-5-13;1-4-10-12(13(15)21)14(16-3)19(17-10)9-6-7-18(8-9)11(20)5-2;11-6-3-7-10(8(12)9(6)13)14-4-15(7)5-1-2-5;/h3,10,12-14,28H,1,4-5,8-9,11H2,2H3,(H2,27,35);1,5,9,16H,2,6-8H2,3H3,(H2,15,21);3-5H,1-2H2;1H2/t14-;9-;;/m00../s1. The smallest absolute Gasteiger partial charge is 0.255 e. The van der Waals surface area contributed by atoms with Crippen molar-refractivity contribution < 1.29 is 36.7 Å². The summed E-state index contributed by atoms with van der Waals surface area (Å²) in [5, 5.41) is 14.5. The molecule has 24 heteroatoms. The number of halogens is 5. The second-order valence-corrected chi connectivity index (χ2v) is 18.1. The topological polar surface area (TPSA) is 222 Å². The maximum atomic E-state index is 15.1. The Morgan fingerprint density at radius 3 is 1.58 bits per heavy atom. The molecule has 4 aromatic heterocycles. The predicted molar refractivity (Wildman–Crippen MR) is 274 cm³/mol. The minimum absolute atomic E-state index is 0. The number of nitrogens with one attached hydrogen (secondary N) is 2. The maximum absolute atomic E-state index is 15.1. The molecule has 4 amide bonds. The summed E-state index contributed by atoms with van der Waals surface area (Å²) in [6.45, 7) is 8.93. The van der Waals surface area contributed by atoms with Crippen molar-refractivity contribution in [3.63, 3.8) is 0 Å². The molecule has 0 unspecified atom stereocenters. The number of nitrogens with zero attached hydrogens (tertiary/aromatic N) is 10. The van der Waals surface area contributed by atoms with Crippen LogP contribution in [0.5, 0.6) is 0 Å². The van der Waals surface area contributed by atoms with Crippen molar-refractivity contribution in [3.05, 3.63) is 105 Å². The van der Waals surface area contributed by atoms with Gasteiger partial charge in [0.15, 0.2) is 17.3 Å². The van der Waals surface area contributed by atoms with Gasteiger partial charge in [0.05, 0.1) is 44.9 Å². The van der Waals surface area contributed by atoms with E-state index in [-0.39, 0.29) is 80.6 Å². The number of anilines is 2. The number of benzene rings is 2. The van der Waals surface area contributed by atoms with Gasteiger partial charge in [-0.2, -0.15) is 23.7 Å². The molecule has 2 atom stereocenters. The average molecular weight is 1120 g/mol. The molecule has 0 bridgehead atoms. The Morgan fingerprint density at radius 1 is 0.708 bits per heavy atom. The third-order valence-electron chi connectivity index (χ3n) is 12.6. The molecule has 4 aliphatic rings. The number of primary amides is 2. The van der Waals surface area contributed by atoms with E-state index in [4.69, 9.17) is 17.9 Å². The zero-order chi connectivity index (χ0) is 51.0. The summed E-state index contributed by atoms with van der Waals surface area (Å²) in [6, 6.07) is 2.89. The SMILES string of the molecule is C#Cc1nn([C@H]2CCN(C(=O)C=C)C2)c(NC)c1C(N)=O.C=CC(=O)N1CC[C@H](n2nc(C#Cc3c(F)cc4c(ncn4C4CC4)c3F)c(C(N)=O)c2NC)C1.Fc1cc2c(ncn2C2CC2)c(F)c1I.S. The molecule has 376 valence electrons. The van der Waals surface area contributed by atoms with Crippen LogP contribution in [0.15, 0.2) is 50.1 Å². The molecule has 2 aliphatic carbocycles. The van der Waals surface area contributed by atoms with Crippen molar-refractivity contribution in [2.24, 2.45) is 11.5 Å². The monoisotopic (exact) mass is 1120 g/mol. The molecule has 0 spiro atoms. The van der Waals surface area contributed by atoms with Crippen molar-refractivity contribution in [2.75, 3.05) is 50.9 Å². The largest absolute Gasteiger partial charge is 0.373 e. The van der Waals surface area contributed by atoms with Crippen molar-refractivity contribution in [1.82, 2.24) is 48.5 Å². The highest BCUT2D eigenvalue weighted by atomic mass is 127. The van der Waals surface area contributed by atoms with Crippen LogP contribution in [-0.4, -0.2) is 112 Å². The fraction of sp³-hybridized carbons (Fsp3) is 0.333. The van der Waals surface area contributed by atoms with E-state index >= 15 is 4.39 Å². The lowest BCUT2D eigenvalue weighted by Gasteiger charge is -2.16. The molecular weight excluding hydrogens is 1070 g/mol. The van der Waals surface area contributed by atoms with Crippen molar-refractivity contribution in [2.45, 2.75) is 62.7 Å². The first-order chi connectivity index (χ1) is 34.0. The molecule has 4 fully saturated rings. The fourth-order valence-corrected chi connectivity index (χ4v) is 9.18. The van der Waals surface area contributed by atoms with E-state index in [0.29, 0.717) is 61.3 Å². The van der Waals surface area contributed by atoms with Gasteiger partial charge in [0.2, 0.25) is 11.8 Å². The second-order valence-electron chi connectivity index (χ2n) is 17.1. The first-order valence-electron chi connectivity index (χ1n) is 22.4. The van der Waals surface area contributed by atoms with E-state index in [2.05, 4.69) is 61.7 Å². The molecule has 18 nitrogen and oxygen atoms in total. The minimum atomic E-state index is -0.866. The Balaban J connectivity index is 0.000000174. The number of likely N-dealkylation sites (tertiary alicyclic amines) is 2. The number of rotatable bonds is 10. The first-order valence-corrected chi connectivity index (χ1v) is 23.5. The summed E-state index contributed by atoms with van der Waals surface area (Å²) in [5.41, 5.74) is 12.2. The summed E-state index contributed by atoms with van der Waals surface area (Å²) in [7, 11) is 3.27. The van der Waals surface area contributed by atoms with Crippen molar-refractivity contribution in [1.29, 1.82) is 0 Å². The Kier molecular flexibility index (Phi) is 15.7. The van der Waals surface area contributed by atoms with Crippen molar-refractivity contribution in [3.8, 4) is 24.2 Å². The molecular formula is C48H49F4IN14O4S. The molecule has 0 radical (unpaired) electrons. The van der Waals surface area contributed by atoms with Crippen LogP contribution in [0.1, 0.15) is 100 Å². The van der Waals surface area contributed by atoms with Gasteiger partial charge < -0.3 is 41.0 Å². The van der Waals surface area contributed by atoms with Crippen LogP contribution in [0.3, 0.4) is 0 Å². The highest BCUT2D eigenvalue weighted by molar-refractivity contribution is 14.1. The van der Waals surface area contributed by atoms with Crippen LogP contribution < -0.4 is 22.1 Å². The summed E-state index contributed by atoms with van der Waals surface area (Å²) in [6.07, 6.45) is 16.4. The Bertz CT molecular complexity index is 3280. The van der Waals surface area contributed by atoms with Crippen LogP contribution in [-0.2, 0) is 9.59 Å². The van der Waals surface area contributed by atoms with Crippen molar-refractivity contribution >= 4 is 93.4 Å². The molecule has 72 heavy (non-hydrogen) atoms. The van der Waals surface area contributed by atoms with Gasteiger partial charge >= 0.3 is 0 Å². The molecule has 6 N–H and O–H groups in total. The van der Waals surface area contributed by atoms with Crippen LogP contribution in [0, 0.1) is 51.0 Å². The van der Waals surface area contributed by atoms with Gasteiger partial charge in [-0.05, 0) is 85.1 Å². The number of hydrogen-bond donors (Lipinski definition) is 4. The third-order valence-corrected chi connectivity index (χ3v) is 13.6. The Labute approximate surface area is 430 Å². The normalized spacial score (nSPS) is 16.9. The van der Waals surface area contributed by atoms with Crippen LogP contribution in [0.25, 0.3) is 22.1 Å². The summed E-state index contributed by atoms with van der Waals surface area (Å²) < 4.78 is 63.9. The maximum Gasteiger partial charge on any atom is 0.255 e. The second kappa shape index (κ2) is 21.6. The third kappa shape index (κ3) is 10.1. The molecule has 2 saturated heterocycles. The van der Waals surface area contributed by atoms with Gasteiger partial charge in [-0.25, -0.2) is 36.9 Å². The Morgan fingerprint density at radius 2 is 1.15 bits per heavy atom.